The van der Waals surface area contributed by atoms with Gasteiger partial charge in [0, 0.05) is 10.9 Å². The minimum absolute atomic E-state index is 0.0572. The summed E-state index contributed by atoms with van der Waals surface area (Å²) in [5, 5.41) is 9.97. The summed E-state index contributed by atoms with van der Waals surface area (Å²) in [6.07, 6.45) is 3.23. The molecule has 1 atom stereocenters. The predicted octanol–water partition coefficient (Wildman–Crippen LogP) is 5.23. The second kappa shape index (κ2) is 8.26. The van der Waals surface area contributed by atoms with Crippen molar-refractivity contribution in [1.82, 2.24) is 0 Å². The van der Waals surface area contributed by atoms with Crippen LogP contribution in [0.4, 0.5) is 5.69 Å². The number of ether oxygens (including phenoxy) is 1. The molecule has 0 aliphatic carbocycles. The predicted molar refractivity (Wildman–Crippen MR) is 111 cm³/mol. The Bertz CT molecular complexity index is 834. The molecule has 1 N–H and O–H groups in total. The molecule has 1 aliphatic rings. The van der Waals surface area contributed by atoms with Crippen molar-refractivity contribution >= 4 is 23.6 Å². The van der Waals surface area contributed by atoms with E-state index in [-0.39, 0.29) is 11.3 Å². The van der Waals surface area contributed by atoms with Crippen LogP contribution in [0.3, 0.4) is 0 Å². The number of anilines is 1. The molecule has 144 valence electrons. The molecular weight excluding hydrogens is 358 g/mol. The molecule has 1 unspecified atom stereocenters. The summed E-state index contributed by atoms with van der Waals surface area (Å²) in [5.41, 5.74) is 4.18. The van der Waals surface area contributed by atoms with Crippen LogP contribution >= 0.6 is 11.9 Å². The molecule has 3 rings (SSSR count). The van der Waals surface area contributed by atoms with Gasteiger partial charge in [-0.25, -0.2) is 4.79 Å². The average Bonchev–Trinajstić information content (AvgIpc) is 2.68. The van der Waals surface area contributed by atoms with Gasteiger partial charge in [-0.3, -0.25) is 0 Å². The van der Waals surface area contributed by atoms with Crippen LogP contribution in [-0.2, 0) is 17.6 Å². The van der Waals surface area contributed by atoms with Crippen LogP contribution in [0, 0.1) is 5.92 Å². The molecule has 1 aliphatic heterocycles. The van der Waals surface area contributed by atoms with E-state index in [0.717, 1.165) is 24.2 Å². The Morgan fingerprint density at radius 3 is 2.74 bits per heavy atom. The number of methoxy groups -OCH3 is 1. The maximum atomic E-state index is 11.9. The van der Waals surface area contributed by atoms with Crippen molar-refractivity contribution in [3.63, 3.8) is 0 Å². The van der Waals surface area contributed by atoms with Gasteiger partial charge >= 0.3 is 5.97 Å². The number of hydrogen-bond donors (Lipinski definition) is 1. The van der Waals surface area contributed by atoms with Gasteiger partial charge in [0.25, 0.3) is 0 Å². The number of carbonyl (C=O) groups excluding carboxylic acids is 1. The van der Waals surface area contributed by atoms with E-state index in [1.54, 1.807) is 24.1 Å². The summed E-state index contributed by atoms with van der Waals surface area (Å²) in [4.78, 5) is 12.8. The van der Waals surface area contributed by atoms with Crippen molar-refractivity contribution < 1.29 is 14.6 Å². The van der Waals surface area contributed by atoms with E-state index >= 15 is 0 Å². The van der Waals surface area contributed by atoms with Crippen molar-refractivity contribution in [2.24, 2.45) is 5.92 Å². The smallest absolute Gasteiger partial charge is 0.341 e. The van der Waals surface area contributed by atoms with Gasteiger partial charge in [0.15, 0.2) is 0 Å². The van der Waals surface area contributed by atoms with Crippen LogP contribution in [0.15, 0.2) is 41.3 Å². The summed E-state index contributed by atoms with van der Waals surface area (Å²) in [7, 11) is 1.32. The largest absolute Gasteiger partial charge is 0.507 e. The summed E-state index contributed by atoms with van der Waals surface area (Å²) in [6, 6.07) is 12.3. The number of phenolic OH excluding ortho intramolecular Hbond substituents is 1. The maximum Gasteiger partial charge on any atom is 0.341 e. The van der Waals surface area contributed by atoms with Crippen LogP contribution in [0.25, 0.3) is 0 Å². The molecule has 0 saturated heterocycles. The molecule has 0 bridgehead atoms. The molecule has 0 aromatic heterocycles. The highest BCUT2D eigenvalue weighted by Crippen LogP contribution is 2.42. The zero-order valence-electron chi connectivity index (χ0n) is 16.4. The molecule has 4 nitrogen and oxygen atoms in total. The zero-order chi connectivity index (χ0) is 19.6. The van der Waals surface area contributed by atoms with Gasteiger partial charge in [-0.15, -0.1) is 0 Å². The van der Waals surface area contributed by atoms with Crippen molar-refractivity contribution in [3.8, 4) is 5.75 Å². The molecule has 0 spiro atoms. The topological polar surface area (TPSA) is 49.8 Å². The Hall–Kier alpha value is -2.14. The number of benzene rings is 2. The normalized spacial score (nSPS) is 16.3. The highest BCUT2D eigenvalue weighted by Gasteiger charge is 2.30. The van der Waals surface area contributed by atoms with Crippen LogP contribution in [0.1, 0.15) is 48.7 Å². The minimum Gasteiger partial charge on any atom is -0.507 e. The summed E-state index contributed by atoms with van der Waals surface area (Å²) in [6.45, 7) is 6.68. The summed E-state index contributed by atoms with van der Waals surface area (Å²) >= 11 is 1.62. The second-order valence-electron chi connectivity index (χ2n) is 7.25. The SMILES string of the molecule is CCc1ccc2c(c1)CCC(C(C)C)N2Sc1ccc(O)c(C(=O)OC)c1. The number of esters is 1. The molecule has 0 amide bonds. The maximum absolute atomic E-state index is 11.9. The van der Waals surface area contributed by atoms with Gasteiger partial charge in [0.1, 0.15) is 11.3 Å². The molecular formula is C22H27NO3S. The lowest BCUT2D eigenvalue weighted by atomic mass is 9.90. The minimum atomic E-state index is -0.526. The number of aromatic hydroxyl groups is 1. The number of phenols is 1. The van der Waals surface area contributed by atoms with Crippen molar-refractivity contribution in [2.45, 2.75) is 51.0 Å². The van der Waals surface area contributed by atoms with E-state index in [1.165, 1.54) is 23.9 Å². The van der Waals surface area contributed by atoms with Gasteiger partial charge in [-0.1, -0.05) is 32.9 Å². The fourth-order valence-corrected chi connectivity index (χ4v) is 4.84. The molecule has 1 heterocycles. The lowest BCUT2D eigenvalue weighted by Crippen LogP contribution is -2.38. The first-order valence-electron chi connectivity index (χ1n) is 9.45. The number of aryl methyl sites for hydroxylation is 2. The molecule has 0 fully saturated rings. The van der Waals surface area contributed by atoms with Gasteiger partial charge in [-0.05, 0) is 72.5 Å². The average molecular weight is 386 g/mol. The Morgan fingerprint density at radius 1 is 1.30 bits per heavy atom. The fraction of sp³-hybridized carbons (Fsp3) is 0.409. The van der Waals surface area contributed by atoms with E-state index in [2.05, 4.69) is 43.3 Å². The van der Waals surface area contributed by atoms with E-state index in [1.807, 2.05) is 6.07 Å². The van der Waals surface area contributed by atoms with Crippen molar-refractivity contribution in [2.75, 3.05) is 11.4 Å². The Labute approximate surface area is 165 Å². The molecule has 0 saturated carbocycles. The number of rotatable bonds is 5. The van der Waals surface area contributed by atoms with Gasteiger partial charge < -0.3 is 14.1 Å². The van der Waals surface area contributed by atoms with E-state index in [4.69, 9.17) is 4.74 Å². The molecule has 5 heteroatoms. The quantitative estimate of drug-likeness (QED) is 0.564. The lowest BCUT2D eigenvalue weighted by Gasteiger charge is -2.40. The molecule has 0 radical (unpaired) electrons. The Kier molecular flexibility index (Phi) is 6.00. The lowest BCUT2D eigenvalue weighted by molar-refractivity contribution is 0.0597. The van der Waals surface area contributed by atoms with Crippen molar-refractivity contribution in [1.29, 1.82) is 0 Å². The van der Waals surface area contributed by atoms with Gasteiger partial charge in [0.05, 0.1) is 12.8 Å². The third kappa shape index (κ3) is 4.08. The number of nitrogens with zero attached hydrogens (tertiary/aromatic N) is 1. The Balaban J connectivity index is 1.97. The second-order valence-corrected chi connectivity index (χ2v) is 8.30. The third-order valence-corrected chi connectivity index (χ3v) is 6.28. The fourth-order valence-electron chi connectivity index (χ4n) is 3.55. The molecule has 2 aromatic carbocycles. The van der Waals surface area contributed by atoms with Crippen LogP contribution in [0.5, 0.6) is 5.75 Å². The summed E-state index contributed by atoms with van der Waals surface area (Å²) in [5.74, 6) is -0.0751. The standard InChI is InChI=1S/C22H27NO3S/c1-5-15-6-9-20-16(12-15)7-10-19(14(2)3)23(20)27-17-8-11-21(24)18(13-17)22(25)26-4/h6,8-9,11-14,19,24H,5,7,10H2,1-4H3. The van der Waals surface area contributed by atoms with Gasteiger partial charge in [-0.2, -0.15) is 0 Å². The number of carbonyl (C=O) groups is 1. The number of fused-ring (bicyclic) bond motifs is 1. The third-order valence-electron chi connectivity index (χ3n) is 5.15. The first-order chi connectivity index (χ1) is 12.9. The van der Waals surface area contributed by atoms with Crippen LogP contribution in [0.2, 0.25) is 0 Å². The molecule has 2 aromatic rings. The highest BCUT2D eigenvalue weighted by atomic mass is 32.2. The molecule has 27 heavy (non-hydrogen) atoms. The van der Waals surface area contributed by atoms with Crippen molar-refractivity contribution in [3.05, 3.63) is 53.1 Å². The van der Waals surface area contributed by atoms with Crippen LogP contribution in [-0.4, -0.2) is 24.2 Å². The van der Waals surface area contributed by atoms with Crippen LogP contribution < -0.4 is 4.31 Å². The van der Waals surface area contributed by atoms with E-state index < -0.39 is 5.97 Å². The van der Waals surface area contributed by atoms with E-state index in [9.17, 15) is 9.90 Å². The Morgan fingerprint density at radius 2 is 2.07 bits per heavy atom. The first-order valence-corrected chi connectivity index (χ1v) is 10.2. The summed E-state index contributed by atoms with van der Waals surface area (Å²) < 4.78 is 7.15. The number of hydrogen-bond acceptors (Lipinski definition) is 5. The zero-order valence-corrected chi connectivity index (χ0v) is 17.2. The first kappa shape index (κ1) is 19.6. The monoisotopic (exact) mass is 385 g/mol. The van der Waals surface area contributed by atoms with Gasteiger partial charge in [0.2, 0.25) is 0 Å². The highest BCUT2D eigenvalue weighted by molar-refractivity contribution is 8.00. The van der Waals surface area contributed by atoms with E-state index in [0.29, 0.717) is 12.0 Å².